The van der Waals surface area contributed by atoms with Gasteiger partial charge in [-0.2, -0.15) is 0 Å². The zero-order chi connectivity index (χ0) is 13.7. The predicted molar refractivity (Wildman–Crippen MR) is 73.7 cm³/mol. The topological polar surface area (TPSA) is 78.9 Å². The van der Waals surface area contributed by atoms with E-state index >= 15 is 0 Å². The lowest BCUT2D eigenvalue weighted by atomic mass is 10.1. The van der Waals surface area contributed by atoms with Crippen LogP contribution in [0.4, 0.5) is 5.69 Å². The molecule has 2 aromatic rings. The zero-order valence-corrected chi connectivity index (χ0v) is 11.3. The molecule has 102 valence electrons. The highest BCUT2D eigenvalue weighted by atomic mass is 16.5. The van der Waals surface area contributed by atoms with Crippen molar-refractivity contribution >= 4 is 5.69 Å². The highest BCUT2D eigenvalue weighted by molar-refractivity contribution is 5.64. The maximum atomic E-state index is 5.89. The average molecular weight is 261 g/mol. The molecule has 6 nitrogen and oxygen atoms in total. The summed E-state index contributed by atoms with van der Waals surface area (Å²) in [6.07, 6.45) is 2.14. The molecule has 2 N–H and O–H groups in total. The monoisotopic (exact) mass is 261 g/mol. The molecule has 0 aliphatic heterocycles. The van der Waals surface area contributed by atoms with Crippen molar-refractivity contribution in [1.82, 2.24) is 20.2 Å². The van der Waals surface area contributed by atoms with Gasteiger partial charge in [-0.05, 0) is 35.9 Å². The molecule has 0 radical (unpaired) electrons. The average Bonchev–Trinajstić information content (AvgIpc) is 2.84. The number of benzene rings is 1. The van der Waals surface area contributed by atoms with Crippen molar-refractivity contribution < 1.29 is 4.74 Å². The van der Waals surface area contributed by atoms with Crippen molar-refractivity contribution in [2.45, 2.75) is 33.2 Å². The van der Waals surface area contributed by atoms with Crippen molar-refractivity contribution in [2.24, 2.45) is 0 Å². The number of hydrogen-bond acceptors (Lipinski definition) is 5. The molecular weight excluding hydrogens is 242 g/mol. The van der Waals surface area contributed by atoms with Crippen molar-refractivity contribution in [3.05, 3.63) is 18.2 Å². The predicted octanol–water partition coefficient (Wildman–Crippen LogP) is 2.12. The number of anilines is 1. The summed E-state index contributed by atoms with van der Waals surface area (Å²) < 4.78 is 7.29. The second kappa shape index (κ2) is 6.17. The Kier molecular flexibility index (Phi) is 4.33. The van der Waals surface area contributed by atoms with Crippen LogP contribution in [-0.4, -0.2) is 26.8 Å². The molecular formula is C13H19N5O. The quantitative estimate of drug-likeness (QED) is 0.806. The lowest BCUT2D eigenvalue weighted by molar-refractivity contribution is 0.340. The highest BCUT2D eigenvalue weighted by Gasteiger charge is 2.10. The molecule has 0 spiro atoms. The molecule has 1 aromatic carbocycles. The van der Waals surface area contributed by atoms with Gasteiger partial charge in [0.1, 0.15) is 5.75 Å². The number of aryl methyl sites for hydroxylation is 1. The standard InChI is InChI=1S/C13H19N5O/c1-3-5-6-18-13(15-16-17-18)10-7-11(14)9-12(8-10)19-4-2/h7-9H,3-6,14H2,1-2H3. The number of ether oxygens (including phenoxy) is 1. The van der Waals surface area contributed by atoms with E-state index in [0.29, 0.717) is 12.3 Å². The summed E-state index contributed by atoms with van der Waals surface area (Å²) in [7, 11) is 0. The summed E-state index contributed by atoms with van der Waals surface area (Å²) in [6.45, 7) is 5.48. The van der Waals surface area contributed by atoms with E-state index in [9.17, 15) is 0 Å². The van der Waals surface area contributed by atoms with Crippen LogP contribution in [0.25, 0.3) is 11.4 Å². The summed E-state index contributed by atoms with van der Waals surface area (Å²) in [5.41, 5.74) is 7.41. The zero-order valence-electron chi connectivity index (χ0n) is 11.3. The summed E-state index contributed by atoms with van der Waals surface area (Å²) in [6, 6.07) is 5.57. The minimum Gasteiger partial charge on any atom is -0.494 e. The van der Waals surface area contributed by atoms with Crippen molar-refractivity contribution in [3.8, 4) is 17.1 Å². The van der Waals surface area contributed by atoms with Gasteiger partial charge in [-0.1, -0.05) is 13.3 Å². The van der Waals surface area contributed by atoms with Gasteiger partial charge >= 0.3 is 0 Å². The Labute approximate surface area is 112 Å². The Morgan fingerprint density at radius 3 is 2.84 bits per heavy atom. The number of aromatic nitrogens is 4. The summed E-state index contributed by atoms with van der Waals surface area (Å²) in [4.78, 5) is 0. The van der Waals surface area contributed by atoms with Crippen molar-refractivity contribution in [3.63, 3.8) is 0 Å². The van der Waals surface area contributed by atoms with Crippen molar-refractivity contribution in [2.75, 3.05) is 12.3 Å². The first-order chi connectivity index (χ1) is 9.24. The Balaban J connectivity index is 2.32. The van der Waals surface area contributed by atoms with E-state index < -0.39 is 0 Å². The van der Waals surface area contributed by atoms with Gasteiger partial charge in [0.25, 0.3) is 0 Å². The van der Waals surface area contributed by atoms with E-state index in [1.54, 1.807) is 10.7 Å². The number of tetrazole rings is 1. The fourth-order valence-corrected chi connectivity index (χ4v) is 1.87. The minimum atomic E-state index is 0.601. The largest absolute Gasteiger partial charge is 0.494 e. The Bertz CT molecular complexity index is 538. The minimum absolute atomic E-state index is 0.601. The van der Waals surface area contributed by atoms with Gasteiger partial charge in [0.15, 0.2) is 5.82 Å². The second-order valence-corrected chi connectivity index (χ2v) is 4.30. The van der Waals surface area contributed by atoms with Gasteiger partial charge in [-0.3, -0.25) is 0 Å². The van der Waals surface area contributed by atoms with E-state index in [1.807, 2.05) is 19.1 Å². The third-order valence-corrected chi connectivity index (χ3v) is 2.75. The molecule has 1 heterocycles. The molecule has 0 saturated carbocycles. The Morgan fingerprint density at radius 1 is 1.26 bits per heavy atom. The van der Waals surface area contributed by atoms with Gasteiger partial charge in [-0.15, -0.1) is 5.10 Å². The van der Waals surface area contributed by atoms with E-state index in [0.717, 1.165) is 36.5 Å². The van der Waals surface area contributed by atoms with Gasteiger partial charge in [0.2, 0.25) is 0 Å². The molecule has 0 amide bonds. The van der Waals surface area contributed by atoms with Crippen LogP contribution < -0.4 is 10.5 Å². The Morgan fingerprint density at radius 2 is 2.11 bits per heavy atom. The molecule has 0 fully saturated rings. The maximum Gasteiger partial charge on any atom is 0.182 e. The van der Waals surface area contributed by atoms with Crippen LogP contribution in [0.2, 0.25) is 0 Å². The third-order valence-electron chi connectivity index (χ3n) is 2.75. The van der Waals surface area contributed by atoms with Crippen molar-refractivity contribution in [1.29, 1.82) is 0 Å². The maximum absolute atomic E-state index is 5.89. The van der Waals surface area contributed by atoms with E-state index in [2.05, 4.69) is 22.4 Å². The number of nitrogen functional groups attached to an aromatic ring is 1. The van der Waals surface area contributed by atoms with Crippen LogP contribution in [-0.2, 0) is 6.54 Å². The van der Waals surface area contributed by atoms with Gasteiger partial charge < -0.3 is 10.5 Å². The number of unbranched alkanes of at least 4 members (excludes halogenated alkanes) is 1. The first kappa shape index (κ1) is 13.3. The Hall–Kier alpha value is -2.11. The normalized spacial score (nSPS) is 10.6. The molecule has 19 heavy (non-hydrogen) atoms. The fraction of sp³-hybridized carbons (Fsp3) is 0.462. The van der Waals surface area contributed by atoms with E-state index in [4.69, 9.17) is 10.5 Å². The molecule has 1 aromatic heterocycles. The second-order valence-electron chi connectivity index (χ2n) is 4.30. The lowest BCUT2D eigenvalue weighted by Crippen LogP contribution is -2.03. The van der Waals surface area contributed by atoms with Crippen LogP contribution in [0, 0.1) is 0 Å². The molecule has 0 aliphatic rings. The SMILES string of the molecule is CCCCn1nnnc1-c1cc(N)cc(OCC)c1. The van der Waals surface area contributed by atoms with Crippen LogP contribution >= 0.6 is 0 Å². The highest BCUT2D eigenvalue weighted by Crippen LogP contribution is 2.25. The first-order valence-electron chi connectivity index (χ1n) is 6.54. The molecule has 0 saturated heterocycles. The fourth-order valence-electron chi connectivity index (χ4n) is 1.87. The van der Waals surface area contributed by atoms with E-state index in [-0.39, 0.29) is 0 Å². The van der Waals surface area contributed by atoms with Crippen LogP contribution in [0.5, 0.6) is 5.75 Å². The van der Waals surface area contributed by atoms with Crippen LogP contribution in [0.1, 0.15) is 26.7 Å². The molecule has 0 unspecified atom stereocenters. The van der Waals surface area contributed by atoms with E-state index in [1.165, 1.54) is 0 Å². The molecule has 2 rings (SSSR count). The first-order valence-corrected chi connectivity index (χ1v) is 6.54. The van der Waals surface area contributed by atoms with Crippen LogP contribution in [0.3, 0.4) is 0 Å². The van der Waals surface area contributed by atoms with Gasteiger partial charge in [0.05, 0.1) is 6.61 Å². The molecule has 0 aliphatic carbocycles. The van der Waals surface area contributed by atoms with Gasteiger partial charge in [-0.25, -0.2) is 4.68 Å². The third kappa shape index (κ3) is 3.21. The molecule has 0 bridgehead atoms. The number of nitrogens with two attached hydrogens (primary N) is 1. The lowest BCUT2D eigenvalue weighted by Gasteiger charge is -2.08. The summed E-state index contributed by atoms with van der Waals surface area (Å²) in [5, 5.41) is 11.8. The smallest absolute Gasteiger partial charge is 0.182 e. The summed E-state index contributed by atoms with van der Waals surface area (Å²) >= 11 is 0. The number of nitrogens with zero attached hydrogens (tertiary/aromatic N) is 4. The molecule has 0 atom stereocenters. The summed E-state index contributed by atoms with van der Waals surface area (Å²) in [5.74, 6) is 1.46. The molecule has 6 heteroatoms. The van der Waals surface area contributed by atoms with Crippen LogP contribution in [0.15, 0.2) is 18.2 Å². The number of rotatable bonds is 6. The van der Waals surface area contributed by atoms with Gasteiger partial charge in [0, 0.05) is 23.9 Å². The number of hydrogen-bond donors (Lipinski definition) is 1.